The first kappa shape index (κ1) is 30.3. The van der Waals surface area contributed by atoms with Gasteiger partial charge < -0.3 is 37.6 Å². The Bertz CT molecular complexity index is 698. The summed E-state index contributed by atoms with van der Waals surface area (Å²) in [5.74, 6) is -4.51. The molecule has 6 atom stereocenters. The smallest absolute Gasteiger partial charge is 0.328 e. The number of primary amides is 1. The van der Waals surface area contributed by atoms with Gasteiger partial charge in [0.05, 0.1) is 12.1 Å². The van der Waals surface area contributed by atoms with Crippen molar-refractivity contribution in [2.45, 2.75) is 90.6 Å². The fourth-order valence-corrected chi connectivity index (χ4v) is 3.04. The minimum atomic E-state index is -1.57. The summed E-state index contributed by atoms with van der Waals surface area (Å²) in [6.45, 7) is 8.44. The molecule has 0 aromatic rings. The summed E-state index contributed by atoms with van der Waals surface area (Å²) in [6.07, 6.45) is -0.834. The molecular formula is C21H39N5O7. The number of nitrogens with one attached hydrogen (secondary N) is 3. The molecule has 33 heavy (non-hydrogen) atoms. The van der Waals surface area contributed by atoms with Crippen molar-refractivity contribution in [3.05, 3.63) is 0 Å². The Morgan fingerprint density at radius 2 is 1.42 bits per heavy atom. The number of amides is 4. The van der Waals surface area contributed by atoms with Crippen molar-refractivity contribution in [3.63, 3.8) is 0 Å². The van der Waals surface area contributed by atoms with Gasteiger partial charge in [0.1, 0.15) is 12.1 Å². The van der Waals surface area contributed by atoms with E-state index in [-0.39, 0.29) is 18.8 Å². The zero-order valence-electron chi connectivity index (χ0n) is 20.0. The van der Waals surface area contributed by atoms with E-state index in [4.69, 9.17) is 11.5 Å². The summed E-state index contributed by atoms with van der Waals surface area (Å²) in [6, 6.07) is -4.78. The molecule has 0 fully saturated rings. The number of carbonyl (C=O) groups is 5. The number of carboxylic acids is 1. The molecule has 9 N–H and O–H groups in total. The van der Waals surface area contributed by atoms with E-state index < -0.39 is 65.8 Å². The fourth-order valence-electron chi connectivity index (χ4n) is 3.04. The van der Waals surface area contributed by atoms with Crippen LogP contribution in [0.1, 0.15) is 60.3 Å². The summed E-state index contributed by atoms with van der Waals surface area (Å²) in [4.78, 5) is 60.7. The first-order chi connectivity index (χ1) is 15.2. The van der Waals surface area contributed by atoms with E-state index in [1.807, 2.05) is 13.8 Å². The van der Waals surface area contributed by atoms with Crippen LogP contribution in [0.25, 0.3) is 0 Å². The minimum absolute atomic E-state index is 0.110. The highest BCUT2D eigenvalue weighted by Crippen LogP contribution is 2.11. The van der Waals surface area contributed by atoms with Gasteiger partial charge in [0.25, 0.3) is 0 Å². The Morgan fingerprint density at radius 1 is 0.879 bits per heavy atom. The molecule has 0 aliphatic rings. The zero-order chi connectivity index (χ0) is 25.9. The molecule has 0 aromatic carbocycles. The van der Waals surface area contributed by atoms with Crippen molar-refractivity contribution < 1.29 is 34.2 Å². The van der Waals surface area contributed by atoms with Crippen LogP contribution in [0.4, 0.5) is 0 Å². The van der Waals surface area contributed by atoms with Crippen LogP contribution in [0.15, 0.2) is 0 Å². The third kappa shape index (κ3) is 11.1. The summed E-state index contributed by atoms with van der Waals surface area (Å²) in [7, 11) is 0. The Kier molecular flexibility index (Phi) is 13.2. The first-order valence-corrected chi connectivity index (χ1v) is 11.1. The summed E-state index contributed by atoms with van der Waals surface area (Å²) < 4.78 is 0. The predicted octanol–water partition coefficient (Wildman–Crippen LogP) is -1.41. The maximum atomic E-state index is 13.0. The Morgan fingerprint density at radius 3 is 1.85 bits per heavy atom. The molecule has 0 bridgehead atoms. The molecule has 12 nitrogen and oxygen atoms in total. The van der Waals surface area contributed by atoms with Crippen LogP contribution >= 0.6 is 0 Å². The number of hydrogen-bond acceptors (Lipinski definition) is 7. The van der Waals surface area contributed by atoms with Crippen LogP contribution in [0, 0.1) is 11.8 Å². The van der Waals surface area contributed by atoms with Crippen LogP contribution in [-0.2, 0) is 24.0 Å². The van der Waals surface area contributed by atoms with Crippen LogP contribution in [0.2, 0.25) is 0 Å². The number of carboxylic acid groups (broad SMARTS) is 1. The van der Waals surface area contributed by atoms with Gasteiger partial charge >= 0.3 is 5.97 Å². The highest BCUT2D eigenvalue weighted by atomic mass is 16.4. The molecule has 6 unspecified atom stereocenters. The van der Waals surface area contributed by atoms with E-state index in [2.05, 4.69) is 16.0 Å². The maximum absolute atomic E-state index is 13.0. The monoisotopic (exact) mass is 473 g/mol. The lowest BCUT2D eigenvalue weighted by Gasteiger charge is -2.28. The third-order valence-corrected chi connectivity index (χ3v) is 5.21. The first-order valence-electron chi connectivity index (χ1n) is 11.1. The quantitative estimate of drug-likeness (QED) is 0.150. The maximum Gasteiger partial charge on any atom is 0.328 e. The fraction of sp³-hybridized carbons (Fsp3) is 0.762. The number of rotatable bonds is 15. The second-order valence-corrected chi connectivity index (χ2v) is 8.74. The van der Waals surface area contributed by atoms with Crippen molar-refractivity contribution >= 4 is 29.6 Å². The molecule has 0 saturated heterocycles. The molecule has 12 heteroatoms. The van der Waals surface area contributed by atoms with Crippen molar-refractivity contribution in [3.8, 4) is 0 Å². The topological polar surface area (TPSA) is 214 Å². The summed E-state index contributed by atoms with van der Waals surface area (Å²) >= 11 is 0. The minimum Gasteiger partial charge on any atom is -0.480 e. The predicted molar refractivity (Wildman–Crippen MR) is 120 cm³/mol. The largest absolute Gasteiger partial charge is 0.480 e. The van der Waals surface area contributed by atoms with Crippen LogP contribution in [0.3, 0.4) is 0 Å². The van der Waals surface area contributed by atoms with Crippen molar-refractivity contribution in [2.24, 2.45) is 23.3 Å². The van der Waals surface area contributed by atoms with Crippen LogP contribution in [0.5, 0.6) is 0 Å². The number of nitrogens with two attached hydrogens (primary N) is 2. The standard InChI is InChI=1S/C21H39N5O7/c1-6-11(4)16(20(31)26-17(12(5)27)21(32)33)25-19(30)14(7-8-15(23)28)24-18(29)13(22)9-10(2)3/h10-14,16-17,27H,6-9,22H2,1-5H3,(H2,23,28)(H,24,29)(H,25,30)(H,26,31)(H,32,33). The molecule has 190 valence electrons. The van der Waals surface area contributed by atoms with E-state index in [9.17, 15) is 34.2 Å². The molecule has 0 spiro atoms. The second kappa shape index (κ2) is 14.4. The summed E-state index contributed by atoms with van der Waals surface area (Å²) in [5, 5.41) is 26.1. The van der Waals surface area contributed by atoms with Gasteiger partial charge in [-0.15, -0.1) is 0 Å². The molecule has 0 heterocycles. The Hall–Kier alpha value is -2.73. The van der Waals surface area contributed by atoms with Gasteiger partial charge in [-0.1, -0.05) is 34.1 Å². The van der Waals surface area contributed by atoms with Crippen molar-refractivity contribution in [1.82, 2.24) is 16.0 Å². The van der Waals surface area contributed by atoms with Crippen LogP contribution < -0.4 is 27.4 Å². The highest BCUT2D eigenvalue weighted by molar-refractivity contribution is 5.94. The second-order valence-electron chi connectivity index (χ2n) is 8.74. The van der Waals surface area contributed by atoms with Gasteiger partial charge in [0.2, 0.25) is 23.6 Å². The van der Waals surface area contributed by atoms with E-state index in [0.717, 1.165) is 0 Å². The lowest BCUT2D eigenvalue weighted by atomic mass is 9.96. The lowest BCUT2D eigenvalue weighted by molar-refractivity contribution is -0.145. The lowest BCUT2D eigenvalue weighted by Crippen LogP contribution is -2.59. The van der Waals surface area contributed by atoms with Gasteiger partial charge in [0.15, 0.2) is 6.04 Å². The average Bonchev–Trinajstić information content (AvgIpc) is 2.70. The highest BCUT2D eigenvalue weighted by Gasteiger charge is 2.34. The van der Waals surface area contributed by atoms with Crippen LogP contribution in [-0.4, -0.2) is 70.1 Å². The molecule has 4 amide bonds. The van der Waals surface area contributed by atoms with Crippen molar-refractivity contribution in [1.29, 1.82) is 0 Å². The normalized spacial score (nSPS) is 16.6. The molecular weight excluding hydrogens is 434 g/mol. The van der Waals surface area contributed by atoms with Gasteiger partial charge in [-0.25, -0.2) is 4.79 Å². The molecule has 0 radical (unpaired) electrons. The Labute approximate surface area is 194 Å². The third-order valence-electron chi connectivity index (χ3n) is 5.21. The van der Waals surface area contributed by atoms with Gasteiger partial charge in [0, 0.05) is 6.42 Å². The van der Waals surface area contributed by atoms with Gasteiger partial charge in [-0.3, -0.25) is 19.2 Å². The molecule has 0 aromatic heterocycles. The average molecular weight is 474 g/mol. The molecule has 0 rings (SSSR count). The molecule has 0 saturated carbocycles. The number of carbonyl (C=O) groups excluding carboxylic acids is 4. The number of aliphatic hydroxyl groups excluding tert-OH is 1. The van der Waals surface area contributed by atoms with Crippen molar-refractivity contribution in [2.75, 3.05) is 0 Å². The number of aliphatic hydroxyl groups is 1. The van der Waals surface area contributed by atoms with E-state index in [0.29, 0.717) is 12.8 Å². The SMILES string of the molecule is CCC(C)C(NC(=O)C(CCC(N)=O)NC(=O)C(N)CC(C)C)C(=O)NC(C(=O)O)C(C)O. The molecule has 0 aliphatic carbocycles. The number of hydrogen-bond donors (Lipinski definition) is 7. The van der Waals surface area contributed by atoms with E-state index in [1.165, 1.54) is 6.92 Å². The Balaban J connectivity index is 5.61. The van der Waals surface area contributed by atoms with Gasteiger partial charge in [-0.05, 0) is 31.6 Å². The zero-order valence-corrected chi connectivity index (χ0v) is 20.0. The molecule has 0 aliphatic heterocycles. The summed E-state index contributed by atoms with van der Waals surface area (Å²) in [5.41, 5.74) is 11.1. The number of aliphatic carboxylic acids is 1. The van der Waals surface area contributed by atoms with Gasteiger partial charge in [-0.2, -0.15) is 0 Å². The van der Waals surface area contributed by atoms with E-state index in [1.54, 1.807) is 13.8 Å². The van der Waals surface area contributed by atoms with E-state index >= 15 is 0 Å².